The van der Waals surface area contributed by atoms with E-state index in [1.165, 1.54) is 5.52 Å². The van der Waals surface area contributed by atoms with E-state index in [0.29, 0.717) is 5.92 Å². The molecule has 0 aliphatic carbocycles. The van der Waals surface area contributed by atoms with E-state index in [-0.39, 0.29) is 17.9 Å². The average molecular weight is 419 g/mol. The summed E-state index contributed by atoms with van der Waals surface area (Å²) in [7, 11) is 0. The quantitative estimate of drug-likeness (QED) is 0.575. The van der Waals surface area contributed by atoms with Crippen molar-refractivity contribution in [1.82, 2.24) is 14.9 Å². The third-order valence-electron chi connectivity index (χ3n) is 6.30. The molecule has 2 heterocycles. The summed E-state index contributed by atoms with van der Waals surface area (Å²) in [6.45, 7) is 9.19. The molecule has 1 aliphatic heterocycles. The minimum Gasteiger partial charge on any atom is -0.349 e. The van der Waals surface area contributed by atoms with Crippen LogP contribution in [0.1, 0.15) is 51.6 Å². The molecule has 0 unspecified atom stereocenters. The lowest BCUT2D eigenvalue weighted by atomic mass is 9.96. The Balaban J connectivity index is 1.51. The highest BCUT2D eigenvalue weighted by Gasteiger charge is 2.29. The lowest BCUT2D eigenvalue weighted by molar-refractivity contribution is -0.125. The van der Waals surface area contributed by atoms with Gasteiger partial charge in [0.25, 0.3) is 0 Å². The number of hydrogen-bond acceptors (Lipinski definition) is 3. The van der Waals surface area contributed by atoms with Crippen molar-refractivity contribution < 1.29 is 4.79 Å². The molecule has 164 valence electrons. The van der Waals surface area contributed by atoms with Gasteiger partial charge in [-0.2, -0.15) is 0 Å². The minimum absolute atomic E-state index is 0.0136. The van der Waals surface area contributed by atoms with E-state index < -0.39 is 0 Å². The number of nitrogens with one attached hydrogen (secondary N) is 1. The Morgan fingerprint density at radius 2 is 1.84 bits per heavy atom. The summed E-state index contributed by atoms with van der Waals surface area (Å²) in [5.74, 6) is 1.77. The van der Waals surface area contributed by atoms with Crippen LogP contribution in [0.4, 0.5) is 5.95 Å². The van der Waals surface area contributed by atoms with Crippen molar-refractivity contribution in [2.75, 3.05) is 18.0 Å². The summed E-state index contributed by atoms with van der Waals surface area (Å²) in [5.41, 5.74) is 3.35. The van der Waals surface area contributed by atoms with E-state index in [1.807, 2.05) is 24.3 Å². The van der Waals surface area contributed by atoms with Crippen LogP contribution >= 0.6 is 0 Å². The number of carbonyl (C=O) groups excluding carboxylic acids is 1. The van der Waals surface area contributed by atoms with Gasteiger partial charge >= 0.3 is 0 Å². The van der Waals surface area contributed by atoms with Crippen molar-refractivity contribution in [3.05, 3.63) is 60.2 Å². The number of para-hydroxylation sites is 2. The lowest BCUT2D eigenvalue weighted by Crippen LogP contribution is -2.44. The van der Waals surface area contributed by atoms with Gasteiger partial charge in [-0.05, 0) is 49.8 Å². The molecule has 1 amide bonds. The fraction of sp³-hybridized carbons (Fsp3) is 0.462. The molecule has 1 saturated heterocycles. The maximum absolute atomic E-state index is 13.1. The van der Waals surface area contributed by atoms with Gasteiger partial charge in [0, 0.05) is 19.6 Å². The highest BCUT2D eigenvalue weighted by Crippen LogP contribution is 2.28. The molecule has 5 nitrogen and oxygen atoms in total. The van der Waals surface area contributed by atoms with Crippen LogP contribution in [0.15, 0.2) is 54.6 Å². The highest BCUT2D eigenvalue weighted by molar-refractivity contribution is 5.81. The van der Waals surface area contributed by atoms with Gasteiger partial charge in [0.1, 0.15) is 0 Å². The number of piperidine rings is 1. The molecular weight excluding hydrogens is 384 g/mol. The van der Waals surface area contributed by atoms with E-state index in [4.69, 9.17) is 4.98 Å². The predicted molar refractivity (Wildman–Crippen MR) is 127 cm³/mol. The fourth-order valence-electron chi connectivity index (χ4n) is 4.44. The van der Waals surface area contributed by atoms with E-state index >= 15 is 0 Å². The second-order valence-corrected chi connectivity index (χ2v) is 9.16. The topological polar surface area (TPSA) is 50.2 Å². The molecule has 2 aromatic carbocycles. The Morgan fingerprint density at radius 1 is 1.10 bits per heavy atom. The maximum atomic E-state index is 13.1. The molecule has 0 bridgehead atoms. The molecule has 3 aromatic rings. The van der Waals surface area contributed by atoms with Crippen LogP contribution in [0, 0.1) is 11.8 Å². The monoisotopic (exact) mass is 418 g/mol. The van der Waals surface area contributed by atoms with E-state index in [2.05, 4.69) is 65.9 Å². The number of aromatic nitrogens is 2. The maximum Gasteiger partial charge on any atom is 0.225 e. The van der Waals surface area contributed by atoms with Gasteiger partial charge in [-0.1, -0.05) is 56.3 Å². The number of anilines is 1. The van der Waals surface area contributed by atoms with Crippen LogP contribution in [0.5, 0.6) is 0 Å². The molecule has 1 aromatic heterocycles. The summed E-state index contributed by atoms with van der Waals surface area (Å²) >= 11 is 0. The minimum atomic E-state index is -0.0155. The van der Waals surface area contributed by atoms with Crippen molar-refractivity contribution in [3.63, 3.8) is 0 Å². The third kappa shape index (κ3) is 4.92. The van der Waals surface area contributed by atoms with Gasteiger partial charge in [0.05, 0.1) is 23.0 Å². The number of fused-ring (bicyclic) bond motifs is 1. The van der Waals surface area contributed by atoms with E-state index in [1.54, 1.807) is 0 Å². The van der Waals surface area contributed by atoms with Crippen LogP contribution in [0.2, 0.25) is 0 Å². The zero-order valence-corrected chi connectivity index (χ0v) is 18.9. The Hall–Kier alpha value is -2.82. The second kappa shape index (κ2) is 9.54. The summed E-state index contributed by atoms with van der Waals surface area (Å²) in [6, 6.07) is 18.5. The van der Waals surface area contributed by atoms with Crippen molar-refractivity contribution in [2.45, 2.75) is 52.6 Å². The fourth-order valence-corrected chi connectivity index (χ4v) is 4.44. The first-order chi connectivity index (χ1) is 15.0. The Kier molecular flexibility index (Phi) is 6.59. The van der Waals surface area contributed by atoms with Gasteiger partial charge in [-0.15, -0.1) is 0 Å². The number of aryl methyl sites for hydroxylation is 1. The van der Waals surface area contributed by atoms with Gasteiger partial charge < -0.3 is 14.8 Å². The predicted octanol–water partition coefficient (Wildman–Crippen LogP) is 5.18. The van der Waals surface area contributed by atoms with Gasteiger partial charge in [0.15, 0.2) is 0 Å². The molecular formula is C26H34N4O. The van der Waals surface area contributed by atoms with Crippen molar-refractivity contribution in [2.24, 2.45) is 11.8 Å². The third-order valence-corrected chi connectivity index (χ3v) is 6.30. The first kappa shape index (κ1) is 21.4. The van der Waals surface area contributed by atoms with E-state index in [9.17, 15) is 4.79 Å². The Morgan fingerprint density at radius 3 is 2.61 bits per heavy atom. The Bertz CT molecular complexity index is 1010. The second-order valence-electron chi connectivity index (χ2n) is 9.16. The van der Waals surface area contributed by atoms with Gasteiger partial charge in [-0.25, -0.2) is 4.98 Å². The number of amides is 1. The first-order valence-corrected chi connectivity index (χ1v) is 11.6. The molecule has 5 heteroatoms. The van der Waals surface area contributed by atoms with Crippen molar-refractivity contribution in [3.8, 4) is 0 Å². The zero-order valence-electron chi connectivity index (χ0n) is 18.9. The number of imidazole rings is 1. The molecule has 1 aliphatic rings. The summed E-state index contributed by atoms with van der Waals surface area (Å²) in [4.78, 5) is 20.4. The number of rotatable bonds is 7. The average Bonchev–Trinajstić information content (AvgIpc) is 3.17. The summed E-state index contributed by atoms with van der Waals surface area (Å²) < 4.78 is 2.35. The summed E-state index contributed by atoms with van der Waals surface area (Å²) in [6.07, 6.45) is 3.04. The van der Waals surface area contributed by atoms with Crippen molar-refractivity contribution >= 4 is 22.9 Å². The first-order valence-electron chi connectivity index (χ1n) is 11.6. The number of benzene rings is 2. The number of hydrogen-bond donors (Lipinski definition) is 1. The molecule has 0 saturated carbocycles. The van der Waals surface area contributed by atoms with Crippen LogP contribution < -0.4 is 10.2 Å². The normalized spacial score (nSPS) is 17.8. The van der Waals surface area contributed by atoms with Crippen LogP contribution in [-0.2, 0) is 11.3 Å². The molecule has 1 N–H and O–H groups in total. The largest absolute Gasteiger partial charge is 0.349 e. The highest BCUT2D eigenvalue weighted by atomic mass is 16.2. The van der Waals surface area contributed by atoms with Gasteiger partial charge in [-0.3, -0.25) is 4.79 Å². The molecule has 4 rings (SSSR count). The lowest BCUT2D eigenvalue weighted by Gasteiger charge is -2.33. The standard InChI is InChI=1S/C26H34N4O/c1-19(2)15-17-30-24-14-8-7-13-23(24)28-26(30)29-16-9-12-22(18-29)25(31)27-20(3)21-10-5-4-6-11-21/h4-8,10-11,13-14,19-20,22H,9,12,15-18H2,1-3H3,(H,27,31)/t20-,22+/m1/s1. The molecule has 2 atom stereocenters. The van der Waals surface area contributed by atoms with Crippen LogP contribution in [-0.4, -0.2) is 28.5 Å². The summed E-state index contributed by atoms with van der Waals surface area (Å²) in [5, 5.41) is 3.23. The molecule has 0 radical (unpaired) electrons. The van der Waals surface area contributed by atoms with Crippen LogP contribution in [0.25, 0.3) is 11.0 Å². The SMILES string of the molecule is CC(C)CCn1c(N2CCC[C@H](C(=O)N[C@H](C)c3ccccc3)C2)nc2ccccc21. The van der Waals surface area contributed by atoms with Gasteiger partial charge in [0.2, 0.25) is 11.9 Å². The molecule has 31 heavy (non-hydrogen) atoms. The van der Waals surface area contributed by atoms with Crippen LogP contribution in [0.3, 0.4) is 0 Å². The molecule has 1 fully saturated rings. The van der Waals surface area contributed by atoms with E-state index in [0.717, 1.165) is 55.9 Å². The zero-order chi connectivity index (χ0) is 21.8. The van der Waals surface area contributed by atoms with Crippen molar-refractivity contribution in [1.29, 1.82) is 0 Å². The number of nitrogens with zero attached hydrogens (tertiary/aromatic N) is 3. The number of carbonyl (C=O) groups is 1. The smallest absolute Gasteiger partial charge is 0.225 e. The molecule has 0 spiro atoms. The Labute approximate surface area is 185 Å².